The molecule has 35 heavy (non-hydrogen) atoms. The molecular formula is C33H27NO. The Balaban J connectivity index is 1.57. The van der Waals surface area contributed by atoms with Gasteiger partial charge >= 0.3 is 0 Å². The molecule has 0 aliphatic heterocycles. The lowest BCUT2D eigenvalue weighted by atomic mass is 9.64. The minimum absolute atomic E-state index is 0.165. The molecule has 0 saturated carbocycles. The first-order chi connectivity index (χ1) is 17.3. The summed E-state index contributed by atoms with van der Waals surface area (Å²) in [5.41, 5.74) is 8.35. The molecule has 2 nitrogen and oxygen atoms in total. The van der Waals surface area contributed by atoms with Gasteiger partial charge in [0.15, 0.2) is 0 Å². The molecule has 2 aliphatic rings. The van der Waals surface area contributed by atoms with E-state index < -0.39 is 0 Å². The van der Waals surface area contributed by atoms with Crippen LogP contribution in [0, 0.1) is 5.92 Å². The number of anilines is 2. The second kappa shape index (κ2) is 8.81. The maximum absolute atomic E-state index is 5.32. The quantitative estimate of drug-likeness (QED) is 0.330. The number of methoxy groups -OCH3 is 1. The Morgan fingerprint density at radius 3 is 2.03 bits per heavy atom. The molecule has 0 aromatic heterocycles. The van der Waals surface area contributed by atoms with Crippen molar-refractivity contribution >= 4 is 11.4 Å². The van der Waals surface area contributed by atoms with E-state index in [-0.39, 0.29) is 11.3 Å². The molecule has 0 bridgehead atoms. The molecule has 0 heterocycles. The van der Waals surface area contributed by atoms with Gasteiger partial charge in [0, 0.05) is 17.3 Å². The molecule has 4 aromatic carbocycles. The first kappa shape index (κ1) is 21.2. The highest BCUT2D eigenvalue weighted by atomic mass is 16.5. The van der Waals surface area contributed by atoms with Gasteiger partial charge in [-0.25, -0.2) is 0 Å². The number of hydrogen-bond donors (Lipinski definition) is 1. The molecule has 4 aromatic rings. The van der Waals surface area contributed by atoms with Crippen molar-refractivity contribution in [3.8, 4) is 16.9 Å². The Hall–Kier alpha value is -4.30. The smallest absolute Gasteiger partial charge is 0.119 e. The molecule has 1 unspecified atom stereocenters. The van der Waals surface area contributed by atoms with Crippen molar-refractivity contribution in [3.63, 3.8) is 0 Å². The van der Waals surface area contributed by atoms with Crippen LogP contribution in [0.2, 0.25) is 0 Å². The highest BCUT2D eigenvalue weighted by Crippen LogP contribution is 2.57. The fourth-order valence-electron chi connectivity index (χ4n) is 5.64. The van der Waals surface area contributed by atoms with E-state index in [2.05, 4.69) is 115 Å². The first-order valence-corrected chi connectivity index (χ1v) is 12.0. The second-order valence-electron chi connectivity index (χ2n) is 9.01. The minimum Gasteiger partial charge on any atom is -0.497 e. The molecule has 0 fully saturated rings. The van der Waals surface area contributed by atoms with Crippen LogP contribution in [0.25, 0.3) is 11.1 Å². The maximum atomic E-state index is 5.32. The van der Waals surface area contributed by atoms with Gasteiger partial charge < -0.3 is 10.1 Å². The van der Waals surface area contributed by atoms with Crippen LogP contribution in [0.5, 0.6) is 5.75 Å². The lowest BCUT2D eigenvalue weighted by Gasteiger charge is -2.38. The number of nitrogens with one attached hydrogen (secondary N) is 1. The molecule has 1 atom stereocenters. The molecule has 0 radical (unpaired) electrons. The van der Waals surface area contributed by atoms with Crippen LogP contribution in [0.4, 0.5) is 11.4 Å². The third kappa shape index (κ3) is 3.50. The summed E-state index contributed by atoms with van der Waals surface area (Å²) in [4.78, 5) is 0. The van der Waals surface area contributed by atoms with Crippen molar-refractivity contribution in [1.29, 1.82) is 0 Å². The number of allylic oxidation sites excluding steroid dienone is 6. The zero-order valence-electron chi connectivity index (χ0n) is 19.7. The lowest BCUT2D eigenvalue weighted by Crippen LogP contribution is -2.34. The normalized spacial score (nSPS) is 18.1. The van der Waals surface area contributed by atoms with Gasteiger partial charge in [0.25, 0.3) is 0 Å². The molecule has 1 N–H and O–H groups in total. The van der Waals surface area contributed by atoms with Crippen molar-refractivity contribution in [2.45, 2.75) is 5.41 Å². The SMILES string of the molecule is COc1ccc(Nc2ccc3c(c2)C(c2ccccc2)(C2C=CC=CC=C2)c2ccccc2-3)cc1. The van der Waals surface area contributed by atoms with Crippen LogP contribution in [0.15, 0.2) is 134 Å². The third-order valence-electron chi connectivity index (χ3n) is 7.16. The number of fused-ring (bicyclic) bond motifs is 3. The summed E-state index contributed by atoms with van der Waals surface area (Å²) in [6, 6.07) is 34.7. The van der Waals surface area contributed by atoms with E-state index in [1.54, 1.807) is 7.11 Å². The molecule has 0 saturated heterocycles. The summed E-state index contributed by atoms with van der Waals surface area (Å²) in [6.07, 6.45) is 13.2. The van der Waals surface area contributed by atoms with Gasteiger partial charge in [-0.2, -0.15) is 0 Å². The Labute approximate surface area is 206 Å². The van der Waals surface area contributed by atoms with Gasteiger partial charge in [-0.3, -0.25) is 0 Å². The summed E-state index contributed by atoms with van der Waals surface area (Å²) in [7, 11) is 1.69. The van der Waals surface area contributed by atoms with Crippen LogP contribution in [-0.2, 0) is 5.41 Å². The summed E-state index contributed by atoms with van der Waals surface area (Å²) >= 11 is 0. The predicted octanol–water partition coefficient (Wildman–Crippen LogP) is 8.05. The van der Waals surface area contributed by atoms with E-state index in [1.165, 1.54) is 27.8 Å². The largest absolute Gasteiger partial charge is 0.497 e. The van der Waals surface area contributed by atoms with Crippen LogP contribution >= 0.6 is 0 Å². The van der Waals surface area contributed by atoms with E-state index in [9.17, 15) is 0 Å². The van der Waals surface area contributed by atoms with Gasteiger partial charge in [-0.1, -0.05) is 97.1 Å². The Morgan fingerprint density at radius 2 is 1.29 bits per heavy atom. The number of hydrogen-bond acceptors (Lipinski definition) is 2. The molecular weight excluding hydrogens is 426 g/mol. The second-order valence-corrected chi connectivity index (χ2v) is 9.01. The topological polar surface area (TPSA) is 21.3 Å². The lowest BCUT2D eigenvalue weighted by molar-refractivity contribution is 0.415. The van der Waals surface area contributed by atoms with Gasteiger partial charge in [0.2, 0.25) is 0 Å². The van der Waals surface area contributed by atoms with E-state index in [0.29, 0.717) is 0 Å². The molecule has 6 rings (SSSR count). The molecule has 2 heteroatoms. The van der Waals surface area contributed by atoms with Crippen LogP contribution < -0.4 is 10.1 Å². The number of benzene rings is 4. The van der Waals surface area contributed by atoms with Crippen molar-refractivity contribution in [2.24, 2.45) is 5.92 Å². The van der Waals surface area contributed by atoms with E-state index >= 15 is 0 Å². The van der Waals surface area contributed by atoms with Crippen molar-refractivity contribution < 1.29 is 4.74 Å². The molecule has 2 aliphatic carbocycles. The first-order valence-electron chi connectivity index (χ1n) is 12.0. The van der Waals surface area contributed by atoms with Crippen molar-refractivity contribution in [3.05, 3.63) is 150 Å². The Morgan fingerprint density at radius 1 is 0.629 bits per heavy atom. The maximum Gasteiger partial charge on any atom is 0.119 e. The highest BCUT2D eigenvalue weighted by Gasteiger charge is 2.48. The van der Waals surface area contributed by atoms with Crippen LogP contribution in [-0.4, -0.2) is 7.11 Å². The van der Waals surface area contributed by atoms with E-state index in [4.69, 9.17) is 4.74 Å². The van der Waals surface area contributed by atoms with Gasteiger partial charge in [0.05, 0.1) is 12.5 Å². The zero-order valence-corrected chi connectivity index (χ0v) is 19.7. The van der Waals surface area contributed by atoms with E-state index in [0.717, 1.165) is 17.1 Å². The fraction of sp³-hybridized carbons (Fsp3) is 0.0909. The van der Waals surface area contributed by atoms with Gasteiger partial charge in [-0.05, 0) is 64.2 Å². The minimum atomic E-state index is -0.330. The van der Waals surface area contributed by atoms with Crippen LogP contribution in [0.1, 0.15) is 16.7 Å². The van der Waals surface area contributed by atoms with Gasteiger partial charge in [-0.15, -0.1) is 0 Å². The average molecular weight is 454 g/mol. The van der Waals surface area contributed by atoms with Gasteiger partial charge in [0.1, 0.15) is 5.75 Å². The number of ether oxygens (including phenoxy) is 1. The van der Waals surface area contributed by atoms with Crippen LogP contribution in [0.3, 0.4) is 0 Å². The van der Waals surface area contributed by atoms with E-state index in [1.807, 2.05) is 24.3 Å². The molecule has 0 spiro atoms. The molecule has 170 valence electrons. The van der Waals surface area contributed by atoms with Crippen molar-refractivity contribution in [2.75, 3.05) is 12.4 Å². The summed E-state index contributed by atoms with van der Waals surface area (Å²) < 4.78 is 5.32. The monoisotopic (exact) mass is 453 g/mol. The Kier molecular flexibility index (Phi) is 5.35. The standard InChI is InChI=1S/C33H27NO/c1-35-28-20-17-26(18-21-28)34-27-19-22-30-29-15-9-10-16-31(29)33(32(30)23-27,25-13-7-4-8-14-25)24-11-5-2-3-6-12-24/h2-24,34H,1H3. The zero-order chi connectivity index (χ0) is 23.7. The van der Waals surface area contributed by atoms with Crippen molar-refractivity contribution in [1.82, 2.24) is 0 Å². The average Bonchev–Trinajstić information content (AvgIpc) is 3.04. The highest BCUT2D eigenvalue weighted by molar-refractivity contribution is 5.86. The molecule has 0 amide bonds. The third-order valence-corrected chi connectivity index (χ3v) is 7.16. The summed E-state index contributed by atoms with van der Waals surface area (Å²) in [5.74, 6) is 1.02. The Bertz CT molecular complexity index is 1430. The summed E-state index contributed by atoms with van der Waals surface area (Å²) in [5, 5.41) is 3.61. The fourth-order valence-corrected chi connectivity index (χ4v) is 5.64. The summed E-state index contributed by atoms with van der Waals surface area (Å²) in [6.45, 7) is 0. The number of rotatable bonds is 5. The predicted molar refractivity (Wildman–Crippen MR) is 145 cm³/mol.